The van der Waals surface area contributed by atoms with E-state index in [0.29, 0.717) is 0 Å². The third-order valence-electron chi connectivity index (χ3n) is 2.14. The molecule has 0 saturated carbocycles. The number of ether oxygens (including phenoxy) is 1. The first-order valence-electron chi connectivity index (χ1n) is 5.05. The van der Waals surface area contributed by atoms with Gasteiger partial charge in [0, 0.05) is 4.75 Å². The molecular weight excluding hydrogens is 212 g/mol. The summed E-state index contributed by atoms with van der Waals surface area (Å²) in [7, 11) is -1.94. The van der Waals surface area contributed by atoms with E-state index in [2.05, 4.69) is 0 Å². The Bertz CT molecular complexity index is 233. The minimum absolute atomic E-state index is 0.105. The molecule has 0 heterocycles. The summed E-state index contributed by atoms with van der Waals surface area (Å²) in [6, 6.07) is 0. The van der Waals surface area contributed by atoms with Crippen LogP contribution in [0.5, 0.6) is 0 Å². The number of hydrogen-bond donors (Lipinski definition) is 1. The first-order valence-corrected chi connectivity index (χ1v) is 7.22. The third kappa shape index (κ3) is 5.42. The number of rotatable bonds is 2. The van der Waals surface area contributed by atoms with Crippen LogP contribution in [0.2, 0.25) is 0 Å². The van der Waals surface area contributed by atoms with Gasteiger partial charge in [-0.25, -0.2) is 0 Å². The molecule has 4 heteroatoms. The SMILES string of the molecule is CC(C)(C)OC(=O)CS(C)(O)C(C)(C)C. The van der Waals surface area contributed by atoms with Crippen molar-refractivity contribution < 1.29 is 14.1 Å². The fourth-order valence-electron chi connectivity index (χ4n) is 0.817. The fraction of sp³-hybridized carbons (Fsp3) is 0.909. The van der Waals surface area contributed by atoms with Crippen LogP contribution in [0.25, 0.3) is 0 Å². The standard InChI is InChI=1S/C11H24O3S/c1-10(2,3)14-9(12)8-15(7,13)11(4,5)6/h13H,8H2,1-7H3. The molecule has 15 heavy (non-hydrogen) atoms. The van der Waals surface area contributed by atoms with E-state index >= 15 is 0 Å². The van der Waals surface area contributed by atoms with E-state index in [1.54, 1.807) is 6.26 Å². The van der Waals surface area contributed by atoms with Crippen LogP contribution in [0.1, 0.15) is 41.5 Å². The lowest BCUT2D eigenvalue weighted by molar-refractivity contribution is -0.151. The topological polar surface area (TPSA) is 46.5 Å². The smallest absolute Gasteiger partial charge is 0.316 e. The van der Waals surface area contributed by atoms with Crippen molar-refractivity contribution in [3.8, 4) is 0 Å². The van der Waals surface area contributed by atoms with Crippen LogP contribution in [0.15, 0.2) is 0 Å². The van der Waals surface area contributed by atoms with E-state index in [1.807, 2.05) is 41.5 Å². The van der Waals surface area contributed by atoms with Gasteiger partial charge in [0.15, 0.2) is 0 Å². The molecule has 1 N–H and O–H groups in total. The average molecular weight is 236 g/mol. The van der Waals surface area contributed by atoms with E-state index in [4.69, 9.17) is 4.74 Å². The van der Waals surface area contributed by atoms with E-state index < -0.39 is 15.9 Å². The van der Waals surface area contributed by atoms with Crippen molar-refractivity contribution in [3.05, 3.63) is 0 Å². The highest BCUT2D eigenvalue weighted by Crippen LogP contribution is 2.52. The van der Waals surface area contributed by atoms with Gasteiger partial charge in [0.05, 0.1) is 5.75 Å². The Hall–Kier alpha value is -0.220. The minimum atomic E-state index is -1.94. The molecule has 0 aromatic heterocycles. The molecular formula is C11H24O3S. The highest BCUT2D eigenvalue weighted by Gasteiger charge is 2.33. The van der Waals surface area contributed by atoms with Crippen LogP contribution in [-0.4, -0.2) is 32.9 Å². The molecule has 0 aliphatic heterocycles. The van der Waals surface area contributed by atoms with Gasteiger partial charge in [0.25, 0.3) is 0 Å². The van der Waals surface area contributed by atoms with Crippen molar-refractivity contribution in [2.24, 2.45) is 0 Å². The van der Waals surface area contributed by atoms with Gasteiger partial charge >= 0.3 is 5.97 Å². The van der Waals surface area contributed by atoms with Crippen molar-refractivity contribution >= 4 is 16.3 Å². The molecule has 0 aliphatic rings. The van der Waals surface area contributed by atoms with Crippen molar-refractivity contribution in [1.29, 1.82) is 0 Å². The molecule has 0 radical (unpaired) electrons. The molecule has 0 aliphatic carbocycles. The second kappa shape index (κ2) is 4.34. The predicted molar refractivity (Wildman–Crippen MR) is 66.6 cm³/mol. The van der Waals surface area contributed by atoms with E-state index in [1.165, 1.54) is 0 Å². The lowest BCUT2D eigenvalue weighted by Gasteiger charge is -2.41. The zero-order valence-electron chi connectivity index (χ0n) is 10.9. The lowest BCUT2D eigenvalue weighted by Crippen LogP contribution is -2.33. The van der Waals surface area contributed by atoms with Gasteiger partial charge < -0.3 is 9.29 Å². The highest BCUT2D eigenvalue weighted by atomic mass is 32.3. The highest BCUT2D eigenvalue weighted by molar-refractivity contribution is 8.30. The molecule has 1 unspecified atom stereocenters. The third-order valence-corrected chi connectivity index (χ3v) is 5.57. The molecule has 0 bridgehead atoms. The largest absolute Gasteiger partial charge is 0.459 e. The maximum atomic E-state index is 11.6. The Balaban J connectivity index is 4.43. The second-order valence-electron chi connectivity index (χ2n) is 5.88. The number of carbonyl (C=O) groups is 1. The lowest BCUT2D eigenvalue weighted by atomic mass is 10.2. The molecule has 92 valence electrons. The molecule has 0 fully saturated rings. The van der Waals surface area contributed by atoms with Crippen molar-refractivity contribution in [2.45, 2.75) is 51.9 Å². The van der Waals surface area contributed by atoms with Crippen molar-refractivity contribution in [3.63, 3.8) is 0 Å². The number of carbonyl (C=O) groups excluding carboxylic acids is 1. The average Bonchev–Trinajstić information content (AvgIpc) is 1.75. The molecule has 0 aromatic rings. The van der Waals surface area contributed by atoms with Crippen LogP contribution in [0.4, 0.5) is 0 Å². The maximum Gasteiger partial charge on any atom is 0.316 e. The Morgan fingerprint density at radius 2 is 1.60 bits per heavy atom. The Morgan fingerprint density at radius 1 is 1.20 bits per heavy atom. The van der Waals surface area contributed by atoms with Gasteiger partial charge in [-0.1, -0.05) is 20.8 Å². The fourth-order valence-corrected chi connectivity index (χ4v) is 1.77. The van der Waals surface area contributed by atoms with Gasteiger partial charge in [0.1, 0.15) is 5.60 Å². The minimum Gasteiger partial charge on any atom is -0.459 e. The van der Waals surface area contributed by atoms with Crippen LogP contribution < -0.4 is 0 Å². The normalized spacial score (nSPS) is 19.2. The summed E-state index contributed by atoms with van der Waals surface area (Å²) in [5.41, 5.74) is -0.482. The maximum absolute atomic E-state index is 11.6. The van der Waals surface area contributed by atoms with Gasteiger partial charge in [-0.3, -0.25) is 4.79 Å². The monoisotopic (exact) mass is 236 g/mol. The van der Waals surface area contributed by atoms with Crippen LogP contribution in [0, 0.1) is 0 Å². The summed E-state index contributed by atoms with van der Waals surface area (Å²) in [6.45, 7) is 11.3. The summed E-state index contributed by atoms with van der Waals surface area (Å²) in [4.78, 5) is 11.6. The zero-order valence-corrected chi connectivity index (χ0v) is 11.7. The molecule has 3 nitrogen and oxygen atoms in total. The van der Waals surface area contributed by atoms with Crippen LogP contribution in [0.3, 0.4) is 0 Å². The Labute approximate surface area is 94.7 Å². The predicted octanol–water partition coefficient (Wildman–Crippen LogP) is 3.03. The molecule has 0 saturated heterocycles. The van der Waals surface area contributed by atoms with E-state index in [0.717, 1.165) is 0 Å². The molecule has 0 rings (SSSR count). The Morgan fingerprint density at radius 3 is 1.87 bits per heavy atom. The van der Waals surface area contributed by atoms with Gasteiger partial charge in [0.2, 0.25) is 0 Å². The molecule has 0 spiro atoms. The second-order valence-corrected chi connectivity index (χ2v) is 9.48. The summed E-state index contributed by atoms with van der Waals surface area (Å²) in [6.07, 6.45) is 1.75. The first kappa shape index (κ1) is 14.8. The summed E-state index contributed by atoms with van der Waals surface area (Å²) >= 11 is 0. The van der Waals surface area contributed by atoms with Crippen molar-refractivity contribution in [1.82, 2.24) is 0 Å². The summed E-state index contributed by atoms with van der Waals surface area (Å²) in [5.74, 6) is -0.217. The quantitative estimate of drug-likeness (QED) is 0.750. The van der Waals surface area contributed by atoms with E-state index in [9.17, 15) is 9.35 Å². The molecule has 0 amide bonds. The zero-order chi connectivity index (χ0) is 12.5. The first-order chi connectivity index (χ1) is 6.35. The van der Waals surface area contributed by atoms with E-state index in [-0.39, 0.29) is 16.5 Å². The van der Waals surface area contributed by atoms with Crippen molar-refractivity contribution in [2.75, 3.05) is 12.0 Å². The molecule has 0 aromatic carbocycles. The van der Waals surface area contributed by atoms with Gasteiger partial charge in [-0.05, 0) is 27.0 Å². The number of hydrogen-bond acceptors (Lipinski definition) is 3. The van der Waals surface area contributed by atoms with Crippen LogP contribution in [-0.2, 0) is 9.53 Å². The Kier molecular flexibility index (Phi) is 4.27. The summed E-state index contributed by atoms with van der Waals surface area (Å²) < 4.78 is 15.1. The van der Waals surface area contributed by atoms with Gasteiger partial charge in [-0.15, -0.1) is 10.3 Å². The summed E-state index contributed by atoms with van der Waals surface area (Å²) in [5, 5.41) is 0. The van der Waals surface area contributed by atoms with Gasteiger partial charge in [-0.2, -0.15) is 0 Å². The molecule has 1 atom stereocenters. The number of esters is 1. The van der Waals surface area contributed by atoms with Crippen LogP contribution >= 0.6 is 10.3 Å².